The van der Waals surface area contributed by atoms with E-state index >= 15 is 0 Å². The molecule has 0 radical (unpaired) electrons. The van der Waals surface area contributed by atoms with Crippen molar-refractivity contribution >= 4 is 23.3 Å². The van der Waals surface area contributed by atoms with Crippen molar-refractivity contribution in [2.45, 2.75) is 40.8 Å². The molecule has 0 aromatic carbocycles. The number of anilines is 1. The van der Waals surface area contributed by atoms with E-state index in [0.29, 0.717) is 18.8 Å². The number of nitrogens with one attached hydrogen (secondary N) is 2. The van der Waals surface area contributed by atoms with Crippen LogP contribution in [0.1, 0.15) is 37.0 Å². The average Bonchev–Trinajstić information content (AvgIpc) is 3.16. The van der Waals surface area contributed by atoms with E-state index in [1.807, 2.05) is 20.8 Å². The van der Waals surface area contributed by atoms with Gasteiger partial charge in [-0.05, 0) is 24.7 Å². The molecule has 2 aromatic rings. The van der Waals surface area contributed by atoms with Gasteiger partial charge in [-0.3, -0.25) is 14.3 Å². The summed E-state index contributed by atoms with van der Waals surface area (Å²) >= 11 is 0. The van der Waals surface area contributed by atoms with Gasteiger partial charge in [0.15, 0.2) is 5.69 Å². The summed E-state index contributed by atoms with van der Waals surface area (Å²) in [6.07, 6.45) is 1.57. The molecule has 2 amide bonds. The number of rotatable bonds is 8. The van der Waals surface area contributed by atoms with Gasteiger partial charge < -0.3 is 20.7 Å². The molecule has 11 nitrogen and oxygen atoms in total. The van der Waals surface area contributed by atoms with Crippen molar-refractivity contribution in [3.63, 3.8) is 0 Å². The van der Waals surface area contributed by atoms with Gasteiger partial charge in [0.2, 0.25) is 5.91 Å². The molecule has 0 aliphatic heterocycles. The number of nitrogens with zero attached hydrogens (tertiary/aromatic N) is 5. The zero-order valence-corrected chi connectivity index (χ0v) is 15.7. The Hall–Kier alpha value is -3.24. The first-order valence-corrected chi connectivity index (χ1v) is 8.55. The van der Waals surface area contributed by atoms with Crippen molar-refractivity contribution in [1.29, 1.82) is 0 Å². The van der Waals surface area contributed by atoms with Crippen molar-refractivity contribution in [1.82, 2.24) is 24.9 Å². The van der Waals surface area contributed by atoms with E-state index in [1.54, 1.807) is 17.8 Å². The van der Waals surface area contributed by atoms with E-state index in [4.69, 9.17) is 0 Å². The van der Waals surface area contributed by atoms with Crippen LogP contribution in [0.15, 0.2) is 12.3 Å². The number of hydrogen-bond acceptors (Lipinski definition) is 6. The SMILES string of the molecule is CCn1cc(NC(=O)Cn2nc([N+](=O)[O-])cc2C)c(C(=O)NCC(C)C)n1. The minimum Gasteiger partial charge on any atom is -0.358 e. The molecule has 2 heterocycles. The molecule has 2 N–H and O–H groups in total. The summed E-state index contributed by atoms with van der Waals surface area (Å²) in [5, 5.41) is 24.1. The van der Waals surface area contributed by atoms with Crippen molar-refractivity contribution in [2.24, 2.45) is 5.92 Å². The summed E-state index contributed by atoms with van der Waals surface area (Å²) in [4.78, 5) is 34.8. The highest BCUT2D eigenvalue weighted by molar-refractivity contribution is 6.02. The molecule has 11 heteroatoms. The number of carbonyl (C=O) groups is 2. The number of nitro groups is 1. The summed E-state index contributed by atoms with van der Waals surface area (Å²) in [5.41, 5.74) is 0.882. The highest BCUT2D eigenvalue weighted by Gasteiger charge is 2.21. The first-order valence-electron chi connectivity index (χ1n) is 8.55. The lowest BCUT2D eigenvalue weighted by Crippen LogP contribution is -2.29. The Labute approximate surface area is 155 Å². The summed E-state index contributed by atoms with van der Waals surface area (Å²) in [6.45, 7) is 8.22. The summed E-state index contributed by atoms with van der Waals surface area (Å²) in [5.74, 6) is -0.895. The Morgan fingerprint density at radius 3 is 2.59 bits per heavy atom. The fraction of sp³-hybridized carbons (Fsp3) is 0.500. The van der Waals surface area contributed by atoms with Crippen LogP contribution in [-0.4, -0.2) is 42.8 Å². The van der Waals surface area contributed by atoms with Crippen molar-refractivity contribution in [3.05, 3.63) is 33.8 Å². The second-order valence-electron chi connectivity index (χ2n) is 6.46. The molecule has 27 heavy (non-hydrogen) atoms. The van der Waals surface area contributed by atoms with Crippen LogP contribution < -0.4 is 10.6 Å². The Kier molecular flexibility index (Phi) is 6.27. The van der Waals surface area contributed by atoms with Crippen LogP contribution in [0.5, 0.6) is 0 Å². The molecule has 0 unspecified atom stereocenters. The number of aryl methyl sites for hydroxylation is 2. The van der Waals surface area contributed by atoms with Gasteiger partial charge in [0.1, 0.15) is 6.54 Å². The predicted molar refractivity (Wildman–Crippen MR) is 97.3 cm³/mol. The van der Waals surface area contributed by atoms with Gasteiger partial charge in [-0.25, -0.2) is 0 Å². The summed E-state index contributed by atoms with van der Waals surface area (Å²) < 4.78 is 2.78. The van der Waals surface area contributed by atoms with E-state index in [2.05, 4.69) is 20.8 Å². The lowest BCUT2D eigenvalue weighted by atomic mass is 10.2. The molecule has 2 rings (SSSR count). The maximum Gasteiger partial charge on any atom is 0.390 e. The van der Waals surface area contributed by atoms with Crippen LogP contribution in [0.3, 0.4) is 0 Å². The topological polar surface area (TPSA) is 137 Å². The molecule has 0 aliphatic carbocycles. The fourth-order valence-electron chi connectivity index (χ4n) is 2.29. The number of carbonyl (C=O) groups excluding carboxylic acids is 2. The van der Waals surface area contributed by atoms with Crippen LogP contribution in [0, 0.1) is 23.0 Å². The molecular formula is C16H23N7O4. The highest BCUT2D eigenvalue weighted by Crippen LogP contribution is 2.15. The van der Waals surface area contributed by atoms with Crippen molar-refractivity contribution in [3.8, 4) is 0 Å². The fourth-order valence-corrected chi connectivity index (χ4v) is 2.29. The largest absolute Gasteiger partial charge is 0.390 e. The number of amides is 2. The molecule has 0 saturated carbocycles. The third-order valence-corrected chi connectivity index (χ3v) is 3.69. The van der Waals surface area contributed by atoms with Gasteiger partial charge in [0.25, 0.3) is 5.91 Å². The van der Waals surface area contributed by atoms with Gasteiger partial charge in [-0.1, -0.05) is 13.8 Å². The highest BCUT2D eigenvalue weighted by atomic mass is 16.6. The van der Waals surface area contributed by atoms with Crippen LogP contribution in [0.4, 0.5) is 11.5 Å². The van der Waals surface area contributed by atoms with Crippen molar-refractivity contribution in [2.75, 3.05) is 11.9 Å². The Bertz CT molecular complexity index is 853. The third kappa shape index (κ3) is 5.12. The predicted octanol–water partition coefficient (Wildman–Crippen LogP) is 1.34. The Morgan fingerprint density at radius 2 is 2.04 bits per heavy atom. The molecule has 0 bridgehead atoms. The Morgan fingerprint density at radius 1 is 1.33 bits per heavy atom. The molecule has 0 saturated heterocycles. The van der Waals surface area contributed by atoms with Gasteiger partial charge in [0, 0.05) is 19.3 Å². The van der Waals surface area contributed by atoms with Crippen LogP contribution >= 0.6 is 0 Å². The molecule has 2 aromatic heterocycles. The average molecular weight is 377 g/mol. The van der Waals surface area contributed by atoms with Crippen LogP contribution in [0.2, 0.25) is 0 Å². The lowest BCUT2D eigenvalue weighted by molar-refractivity contribution is -0.389. The van der Waals surface area contributed by atoms with Crippen molar-refractivity contribution < 1.29 is 14.5 Å². The number of hydrogen-bond donors (Lipinski definition) is 2. The minimum atomic E-state index is -0.621. The van der Waals surface area contributed by atoms with E-state index < -0.39 is 10.8 Å². The molecule has 0 spiro atoms. The maximum absolute atomic E-state index is 12.3. The quantitative estimate of drug-likeness (QED) is 0.526. The van der Waals surface area contributed by atoms with Gasteiger partial charge in [0.05, 0.1) is 22.5 Å². The van der Waals surface area contributed by atoms with E-state index in [9.17, 15) is 19.7 Å². The number of aromatic nitrogens is 4. The zero-order chi connectivity index (χ0) is 20.1. The summed E-state index contributed by atoms with van der Waals surface area (Å²) in [7, 11) is 0. The van der Waals surface area contributed by atoms with Crippen LogP contribution in [-0.2, 0) is 17.9 Å². The monoisotopic (exact) mass is 377 g/mol. The van der Waals surface area contributed by atoms with Gasteiger partial charge in [-0.2, -0.15) is 9.78 Å². The molecule has 0 atom stereocenters. The van der Waals surface area contributed by atoms with Gasteiger partial charge in [-0.15, -0.1) is 0 Å². The first-order chi connectivity index (χ1) is 12.7. The second kappa shape index (κ2) is 8.43. The minimum absolute atomic E-state index is 0.119. The van der Waals surface area contributed by atoms with Gasteiger partial charge >= 0.3 is 5.82 Å². The maximum atomic E-state index is 12.3. The second-order valence-corrected chi connectivity index (χ2v) is 6.46. The molecular weight excluding hydrogens is 354 g/mol. The van der Waals surface area contributed by atoms with E-state index in [1.165, 1.54) is 10.7 Å². The zero-order valence-electron chi connectivity index (χ0n) is 15.7. The third-order valence-electron chi connectivity index (χ3n) is 3.69. The lowest BCUT2D eigenvalue weighted by Gasteiger charge is -2.08. The normalized spacial score (nSPS) is 10.9. The smallest absolute Gasteiger partial charge is 0.358 e. The Balaban J connectivity index is 2.13. The molecule has 0 fully saturated rings. The summed E-state index contributed by atoms with van der Waals surface area (Å²) in [6, 6.07) is 1.28. The first kappa shape index (κ1) is 20.1. The van der Waals surface area contributed by atoms with E-state index in [-0.39, 0.29) is 35.6 Å². The standard InChI is InChI=1S/C16H23N7O4/c1-5-21-8-12(15(20-21)16(25)17-7-10(2)3)18-14(24)9-22-11(4)6-13(19-22)23(26)27/h6,8,10H,5,7,9H2,1-4H3,(H,17,25)(H,18,24). The van der Waals surface area contributed by atoms with Crippen LogP contribution in [0.25, 0.3) is 0 Å². The molecule has 146 valence electrons. The van der Waals surface area contributed by atoms with E-state index in [0.717, 1.165) is 0 Å². The molecule has 0 aliphatic rings.